The van der Waals surface area contributed by atoms with Crippen molar-refractivity contribution in [3.8, 4) is 0 Å². The van der Waals surface area contributed by atoms with Crippen LogP contribution in [0.25, 0.3) is 0 Å². The van der Waals surface area contributed by atoms with Gasteiger partial charge in [-0.05, 0) is 30.5 Å². The molecule has 1 aromatic rings. The lowest BCUT2D eigenvalue weighted by Crippen LogP contribution is -2.32. The molecule has 1 N–H and O–H groups in total. The quantitative estimate of drug-likeness (QED) is 0.800. The third-order valence-electron chi connectivity index (χ3n) is 3.69. The van der Waals surface area contributed by atoms with Crippen LogP contribution in [0.4, 0.5) is 0 Å². The lowest BCUT2D eigenvalue weighted by molar-refractivity contribution is 0.107. The number of aliphatic hydroxyl groups excluding tert-OH is 1. The minimum atomic E-state index is -0.379. The summed E-state index contributed by atoms with van der Waals surface area (Å²) in [6, 6.07) is 8.10. The molecule has 0 aromatic heterocycles. The Labute approximate surface area is 112 Å². The first-order valence-corrected chi connectivity index (χ1v) is 7.04. The maximum atomic E-state index is 10.3. The summed E-state index contributed by atoms with van der Waals surface area (Å²) in [5.74, 6) is 0.689. The number of hydrogen-bond donors (Lipinski definition) is 1. The van der Waals surface area contributed by atoms with Crippen LogP contribution in [0, 0.1) is 12.8 Å². The number of nitrogens with zero attached hydrogens (tertiary/aromatic N) is 1. The van der Waals surface area contributed by atoms with Crippen molar-refractivity contribution in [3.63, 3.8) is 0 Å². The summed E-state index contributed by atoms with van der Waals surface area (Å²) < 4.78 is 0. The standard InChI is InChI=1S/C16H27NO/c1-5-13(3)11-17(6-2)12-16(18)15-10-8-7-9-14(15)4/h7-10,13,16,18H,5-6,11-12H2,1-4H3. The Balaban J connectivity index is 2.62. The summed E-state index contributed by atoms with van der Waals surface area (Å²) in [4.78, 5) is 2.34. The van der Waals surface area contributed by atoms with Crippen LogP contribution in [0.2, 0.25) is 0 Å². The Morgan fingerprint density at radius 1 is 1.17 bits per heavy atom. The molecule has 0 heterocycles. The van der Waals surface area contributed by atoms with Crippen LogP contribution < -0.4 is 0 Å². The van der Waals surface area contributed by atoms with Gasteiger partial charge in [-0.25, -0.2) is 0 Å². The minimum absolute atomic E-state index is 0.379. The van der Waals surface area contributed by atoms with E-state index in [1.165, 1.54) is 12.0 Å². The molecular formula is C16H27NO. The first-order valence-electron chi connectivity index (χ1n) is 7.04. The van der Waals surface area contributed by atoms with E-state index in [1.807, 2.05) is 18.2 Å². The topological polar surface area (TPSA) is 23.5 Å². The van der Waals surface area contributed by atoms with E-state index in [4.69, 9.17) is 0 Å². The summed E-state index contributed by atoms with van der Waals surface area (Å²) in [5.41, 5.74) is 2.23. The van der Waals surface area contributed by atoms with E-state index in [0.29, 0.717) is 5.92 Å². The second kappa shape index (κ2) is 7.55. The van der Waals surface area contributed by atoms with Crippen molar-refractivity contribution in [2.75, 3.05) is 19.6 Å². The Bertz CT molecular complexity index is 351. The fourth-order valence-electron chi connectivity index (χ4n) is 2.21. The minimum Gasteiger partial charge on any atom is -0.387 e. The average molecular weight is 249 g/mol. The SMILES string of the molecule is CCC(C)CN(CC)CC(O)c1ccccc1C. The molecule has 2 atom stereocenters. The number of rotatable bonds is 7. The molecule has 0 radical (unpaired) electrons. The first-order chi connectivity index (χ1) is 8.58. The Kier molecular flexibility index (Phi) is 6.37. The Morgan fingerprint density at radius 2 is 1.83 bits per heavy atom. The van der Waals surface area contributed by atoms with Crippen LogP contribution in [-0.4, -0.2) is 29.6 Å². The van der Waals surface area contributed by atoms with Gasteiger partial charge < -0.3 is 10.0 Å². The summed E-state index contributed by atoms with van der Waals surface area (Å²) in [6.45, 7) is 11.5. The number of benzene rings is 1. The van der Waals surface area contributed by atoms with Gasteiger partial charge in [-0.3, -0.25) is 0 Å². The van der Waals surface area contributed by atoms with E-state index in [1.54, 1.807) is 0 Å². The number of likely N-dealkylation sites (N-methyl/N-ethyl adjacent to an activating group) is 1. The molecule has 0 spiro atoms. The molecule has 1 aromatic carbocycles. The summed E-state index contributed by atoms with van der Waals surface area (Å²) in [5, 5.41) is 10.3. The van der Waals surface area contributed by atoms with Gasteiger partial charge in [0.1, 0.15) is 0 Å². The highest BCUT2D eigenvalue weighted by molar-refractivity contribution is 5.27. The van der Waals surface area contributed by atoms with Gasteiger partial charge in [0.2, 0.25) is 0 Å². The molecular weight excluding hydrogens is 222 g/mol. The van der Waals surface area contributed by atoms with E-state index in [9.17, 15) is 5.11 Å². The summed E-state index contributed by atoms with van der Waals surface area (Å²) in [7, 11) is 0. The van der Waals surface area contributed by atoms with Crippen LogP contribution in [-0.2, 0) is 0 Å². The van der Waals surface area contributed by atoms with Gasteiger partial charge in [0, 0.05) is 13.1 Å². The molecule has 102 valence electrons. The number of hydrogen-bond acceptors (Lipinski definition) is 2. The summed E-state index contributed by atoms with van der Waals surface area (Å²) in [6.07, 6.45) is 0.812. The van der Waals surface area contributed by atoms with Gasteiger partial charge in [0.05, 0.1) is 6.10 Å². The van der Waals surface area contributed by atoms with Crippen LogP contribution in [0.5, 0.6) is 0 Å². The fraction of sp³-hybridized carbons (Fsp3) is 0.625. The smallest absolute Gasteiger partial charge is 0.0919 e. The zero-order valence-corrected chi connectivity index (χ0v) is 12.2. The van der Waals surface area contributed by atoms with Crippen molar-refractivity contribution < 1.29 is 5.11 Å². The normalized spacial score (nSPS) is 14.8. The van der Waals surface area contributed by atoms with Crippen molar-refractivity contribution in [1.82, 2.24) is 4.90 Å². The van der Waals surface area contributed by atoms with E-state index in [2.05, 4.69) is 38.7 Å². The first kappa shape index (κ1) is 15.2. The lowest BCUT2D eigenvalue weighted by atomic mass is 10.0. The number of aryl methyl sites for hydroxylation is 1. The van der Waals surface area contributed by atoms with E-state index >= 15 is 0 Å². The van der Waals surface area contributed by atoms with Gasteiger partial charge >= 0.3 is 0 Å². The third kappa shape index (κ3) is 4.43. The highest BCUT2D eigenvalue weighted by Crippen LogP contribution is 2.19. The van der Waals surface area contributed by atoms with Gasteiger partial charge in [-0.1, -0.05) is 51.5 Å². The van der Waals surface area contributed by atoms with Gasteiger partial charge in [0.25, 0.3) is 0 Å². The monoisotopic (exact) mass is 249 g/mol. The van der Waals surface area contributed by atoms with Crippen molar-refractivity contribution in [2.24, 2.45) is 5.92 Å². The van der Waals surface area contributed by atoms with Gasteiger partial charge in [-0.2, -0.15) is 0 Å². The predicted octanol–water partition coefficient (Wildman–Crippen LogP) is 3.40. The lowest BCUT2D eigenvalue weighted by Gasteiger charge is -2.26. The van der Waals surface area contributed by atoms with Crippen molar-refractivity contribution in [1.29, 1.82) is 0 Å². The van der Waals surface area contributed by atoms with Crippen LogP contribution >= 0.6 is 0 Å². The highest BCUT2D eigenvalue weighted by atomic mass is 16.3. The molecule has 1 rings (SSSR count). The van der Waals surface area contributed by atoms with Crippen LogP contribution in [0.3, 0.4) is 0 Å². The molecule has 2 unspecified atom stereocenters. The molecule has 0 aliphatic rings. The second-order valence-electron chi connectivity index (χ2n) is 5.24. The molecule has 0 fully saturated rings. The Hall–Kier alpha value is -0.860. The van der Waals surface area contributed by atoms with Crippen LogP contribution in [0.15, 0.2) is 24.3 Å². The molecule has 0 bridgehead atoms. The molecule has 0 saturated carbocycles. The van der Waals surface area contributed by atoms with E-state index < -0.39 is 0 Å². The largest absolute Gasteiger partial charge is 0.387 e. The number of aliphatic hydroxyl groups is 1. The maximum absolute atomic E-state index is 10.3. The van der Waals surface area contributed by atoms with Crippen LogP contribution in [0.1, 0.15) is 44.4 Å². The van der Waals surface area contributed by atoms with Gasteiger partial charge in [-0.15, -0.1) is 0 Å². The molecule has 0 amide bonds. The van der Waals surface area contributed by atoms with Crippen molar-refractivity contribution >= 4 is 0 Å². The molecule has 0 aliphatic heterocycles. The molecule has 0 saturated heterocycles. The van der Waals surface area contributed by atoms with E-state index in [-0.39, 0.29) is 6.10 Å². The maximum Gasteiger partial charge on any atom is 0.0919 e. The third-order valence-corrected chi connectivity index (χ3v) is 3.69. The van der Waals surface area contributed by atoms with Crippen molar-refractivity contribution in [2.45, 2.75) is 40.2 Å². The molecule has 2 nitrogen and oxygen atoms in total. The second-order valence-corrected chi connectivity index (χ2v) is 5.24. The average Bonchev–Trinajstić information content (AvgIpc) is 2.38. The van der Waals surface area contributed by atoms with E-state index in [0.717, 1.165) is 25.2 Å². The highest BCUT2D eigenvalue weighted by Gasteiger charge is 2.15. The molecule has 18 heavy (non-hydrogen) atoms. The van der Waals surface area contributed by atoms with Crippen molar-refractivity contribution in [3.05, 3.63) is 35.4 Å². The zero-order chi connectivity index (χ0) is 13.5. The molecule has 0 aliphatic carbocycles. The fourth-order valence-corrected chi connectivity index (χ4v) is 2.21. The molecule has 2 heteroatoms. The Morgan fingerprint density at radius 3 is 2.39 bits per heavy atom. The zero-order valence-electron chi connectivity index (χ0n) is 12.2. The summed E-state index contributed by atoms with van der Waals surface area (Å²) >= 11 is 0. The predicted molar refractivity (Wildman–Crippen MR) is 77.7 cm³/mol. The van der Waals surface area contributed by atoms with Gasteiger partial charge in [0.15, 0.2) is 0 Å².